The molecule has 0 spiro atoms. The fraction of sp³-hybridized carbons (Fsp3) is 0.143. The van der Waals surface area contributed by atoms with Crippen molar-refractivity contribution in [3.05, 3.63) is 82.8 Å². The molecule has 0 aliphatic carbocycles. The van der Waals surface area contributed by atoms with Gasteiger partial charge in [-0.25, -0.2) is 4.79 Å². The Kier molecular flexibility index (Phi) is 5.85. The molecular formula is C28H22O8. The van der Waals surface area contributed by atoms with Gasteiger partial charge in [0.05, 0.1) is 26.9 Å². The van der Waals surface area contributed by atoms with Crippen molar-refractivity contribution in [2.45, 2.75) is 6.92 Å². The van der Waals surface area contributed by atoms with Crippen LogP contribution in [0.2, 0.25) is 0 Å². The highest BCUT2D eigenvalue weighted by Crippen LogP contribution is 2.39. The number of aryl methyl sites for hydroxylation is 1. The van der Waals surface area contributed by atoms with E-state index in [4.69, 9.17) is 28.1 Å². The van der Waals surface area contributed by atoms with Crippen LogP contribution in [-0.2, 0) is 0 Å². The van der Waals surface area contributed by atoms with Crippen LogP contribution in [0.4, 0.5) is 0 Å². The summed E-state index contributed by atoms with van der Waals surface area (Å²) in [5, 5.41) is 0.711. The average molecular weight is 486 g/mol. The van der Waals surface area contributed by atoms with Crippen LogP contribution < -0.4 is 23.7 Å². The first-order chi connectivity index (χ1) is 17.4. The molecule has 8 heteroatoms. The third kappa shape index (κ3) is 3.92. The van der Waals surface area contributed by atoms with Crippen molar-refractivity contribution in [3.63, 3.8) is 0 Å². The Labute approximate surface area is 206 Å². The van der Waals surface area contributed by atoms with Crippen LogP contribution in [0.15, 0.2) is 64.8 Å². The Balaban J connectivity index is 1.43. The Morgan fingerprint density at radius 2 is 1.67 bits per heavy atom. The van der Waals surface area contributed by atoms with Gasteiger partial charge >= 0.3 is 5.97 Å². The maximum atomic E-state index is 13.1. The number of furan rings is 1. The predicted octanol–water partition coefficient (Wildman–Crippen LogP) is 5.60. The first-order valence-corrected chi connectivity index (χ1v) is 11.0. The second-order valence-corrected chi connectivity index (χ2v) is 8.01. The molecule has 0 unspecified atom stereocenters. The molecule has 0 bridgehead atoms. The molecule has 2 heterocycles. The Morgan fingerprint density at radius 1 is 0.917 bits per heavy atom. The molecule has 1 aromatic heterocycles. The molecule has 4 aromatic rings. The number of esters is 1. The average Bonchev–Trinajstić information content (AvgIpc) is 3.45. The molecule has 8 nitrogen and oxygen atoms in total. The molecular weight excluding hydrogens is 464 g/mol. The Morgan fingerprint density at radius 3 is 2.42 bits per heavy atom. The number of fused-ring (bicyclic) bond motifs is 2. The van der Waals surface area contributed by atoms with Gasteiger partial charge in [0.25, 0.3) is 0 Å². The molecule has 0 amide bonds. The summed E-state index contributed by atoms with van der Waals surface area (Å²) in [5.41, 5.74) is 2.08. The summed E-state index contributed by atoms with van der Waals surface area (Å²) in [7, 11) is 4.58. The fourth-order valence-corrected chi connectivity index (χ4v) is 4.16. The minimum Gasteiger partial charge on any atom is -0.493 e. The third-order valence-corrected chi connectivity index (χ3v) is 5.80. The van der Waals surface area contributed by atoms with Gasteiger partial charge in [0.2, 0.25) is 11.5 Å². The topological polar surface area (TPSA) is 93.4 Å². The number of ether oxygens (including phenoxy) is 5. The van der Waals surface area contributed by atoms with Gasteiger partial charge in [-0.15, -0.1) is 0 Å². The molecule has 3 aromatic carbocycles. The van der Waals surface area contributed by atoms with E-state index in [1.807, 2.05) is 6.07 Å². The Bertz CT molecular complexity index is 1540. The lowest BCUT2D eigenvalue weighted by molar-refractivity contribution is 0.0703. The quantitative estimate of drug-likeness (QED) is 0.197. The van der Waals surface area contributed by atoms with E-state index in [1.54, 1.807) is 55.5 Å². The lowest BCUT2D eigenvalue weighted by Crippen LogP contribution is -2.07. The van der Waals surface area contributed by atoms with E-state index in [0.717, 1.165) is 0 Å². The normalized spacial score (nSPS) is 13.4. The zero-order valence-corrected chi connectivity index (χ0v) is 20.0. The number of carbonyl (C=O) groups is 2. The lowest BCUT2D eigenvalue weighted by atomic mass is 10.0. The molecule has 1 aliphatic rings. The lowest BCUT2D eigenvalue weighted by Gasteiger charge is -2.10. The molecule has 36 heavy (non-hydrogen) atoms. The molecule has 0 fully saturated rings. The highest BCUT2D eigenvalue weighted by atomic mass is 16.6. The SMILES string of the molecule is COc1cccc(/C=C2\Oc3cc(OC(=O)c4cc5cccc(OC)c5o4)cc(C)c3C2=O)c1OC. The molecule has 0 saturated carbocycles. The molecule has 0 radical (unpaired) electrons. The van der Waals surface area contributed by atoms with Gasteiger partial charge in [-0.1, -0.05) is 24.3 Å². The van der Waals surface area contributed by atoms with Crippen LogP contribution in [0, 0.1) is 6.92 Å². The van der Waals surface area contributed by atoms with Crippen molar-refractivity contribution in [2.24, 2.45) is 0 Å². The van der Waals surface area contributed by atoms with E-state index in [2.05, 4.69) is 0 Å². The van der Waals surface area contributed by atoms with E-state index in [-0.39, 0.29) is 23.1 Å². The van der Waals surface area contributed by atoms with Gasteiger partial charge in [-0.2, -0.15) is 0 Å². The van der Waals surface area contributed by atoms with E-state index in [9.17, 15) is 9.59 Å². The third-order valence-electron chi connectivity index (χ3n) is 5.80. The molecule has 0 saturated heterocycles. The van der Waals surface area contributed by atoms with Crippen LogP contribution in [0.5, 0.6) is 28.7 Å². The smallest absolute Gasteiger partial charge is 0.379 e. The summed E-state index contributed by atoms with van der Waals surface area (Å²) in [6.07, 6.45) is 1.59. The van der Waals surface area contributed by atoms with Gasteiger partial charge in [-0.05, 0) is 42.8 Å². The number of para-hydroxylation sites is 2. The van der Waals surface area contributed by atoms with Crippen LogP contribution >= 0.6 is 0 Å². The zero-order valence-electron chi connectivity index (χ0n) is 20.0. The highest BCUT2D eigenvalue weighted by molar-refractivity contribution is 6.15. The van der Waals surface area contributed by atoms with Gasteiger partial charge in [0.15, 0.2) is 28.6 Å². The minimum absolute atomic E-state index is 0.0235. The highest BCUT2D eigenvalue weighted by Gasteiger charge is 2.31. The van der Waals surface area contributed by atoms with Crippen molar-refractivity contribution < 1.29 is 37.7 Å². The number of Topliss-reactive ketones (excluding diaryl/α,β-unsaturated/α-hetero) is 1. The summed E-state index contributed by atoms with van der Waals surface area (Å²) in [4.78, 5) is 25.9. The minimum atomic E-state index is -0.686. The maximum Gasteiger partial charge on any atom is 0.379 e. The number of hydrogen-bond acceptors (Lipinski definition) is 8. The first kappa shape index (κ1) is 23.0. The standard InChI is InChI=1S/C28H22O8/c1-15-11-18(34-28(30)23-13-17-8-6-10-20(32-3)27(17)36-23)14-21-24(15)25(29)22(35-21)12-16-7-5-9-19(31-2)26(16)33-4/h5-14H,1-4H3/b22-12-. The van der Waals surface area contributed by atoms with Crippen LogP contribution in [0.3, 0.4) is 0 Å². The second-order valence-electron chi connectivity index (χ2n) is 8.01. The second kappa shape index (κ2) is 9.14. The maximum absolute atomic E-state index is 13.1. The number of hydrogen-bond donors (Lipinski definition) is 0. The number of allylic oxidation sites excluding steroid dienone is 1. The van der Waals surface area contributed by atoms with Crippen LogP contribution in [0.1, 0.15) is 32.0 Å². The summed E-state index contributed by atoms with van der Waals surface area (Å²) < 4.78 is 33.1. The first-order valence-electron chi connectivity index (χ1n) is 11.0. The van der Waals surface area contributed by atoms with E-state index < -0.39 is 5.97 Å². The van der Waals surface area contributed by atoms with Crippen molar-refractivity contribution in [3.8, 4) is 28.7 Å². The molecule has 0 atom stereocenters. The molecule has 182 valence electrons. The molecule has 5 rings (SSSR count). The van der Waals surface area contributed by atoms with E-state index in [1.165, 1.54) is 27.4 Å². The monoisotopic (exact) mass is 486 g/mol. The van der Waals surface area contributed by atoms with Gasteiger partial charge in [0.1, 0.15) is 11.5 Å². The summed E-state index contributed by atoms with van der Waals surface area (Å²) in [6.45, 7) is 1.75. The van der Waals surface area contributed by atoms with Crippen molar-refractivity contribution in [1.29, 1.82) is 0 Å². The van der Waals surface area contributed by atoms with Gasteiger partial charge in [0, 0.05) is 17.0 Å². The zero-order chi connectivity index (χ0) is 25.4. The number of carbonyl (C=O) groups excluding carboxylic acids is 2. The van der Waals surface area contributed by atoms with E-state index in [0.29, 0.717) is 50.7 Å². The number of ketones is 1. The summed E-state index contributed by atoms with van der Waals surface area (Å²) in [5.74, 6) is 1.21. The van der Waals surface area contributed by atoms with Crippen molar-refractivity contribution in [1.82, 2.24) is 0 Å². The predicted molar refractivity (Wildman–Crippen MR) is 131 cm³/mol. The summed E-state index contributed by atoms with van der Waals surface area (Å²) in [6, 6.07) is 15.4. The summed E-state index contributed by atoms with van der Waals surface area (Å²) >= 11 is 0. The fourth-order valence-electron chi connectivity index (χ4n) is 4.16. The van der Waals surface area contributed by atoms with Gasteiger partial charge < -0.3 is 28.1 Å². The number of rotatable bonds is 6. The largest absolute Gasteiger partial charge is 0.493 e. The number of methoxy groups -OCH3 is 3. The van der Waals surface area contributed by atoms with E-state index >= 15 is 0 Å². The van der Waals surface area contributed by atoms with Crippen LogP contribution in [-0.4, -0.2) is 33.1 Å². The number of benzene rings is 3. The van der Waals surface area contributed by atoms with Crippen molar-refractivity contribution >= 4 is 28.8 Å². The molecule has 1 aliphatic heterocycles. The van der Waals surface area contributed by atoms with Crippen molar-refractivity contribution in [2.75, 3.05) is 21.3 Å². The Hall–Kier alpha value is -4.72. The van der Waals surface area contributed by atoms with Crippen LogP contribution in [0.25, 0.3) is 17.0 Å². The molecule has 0 N–H and O–H groups in total. The van der Waals surface area contributed by atoms with Gasteiger partial charge in [-0.3, -0.25) is 4.79 Å².